The van der Waals surface area contributed by atoms with Crippen molar-refractivity contribution >= 4 is 17.6 Å². The van der Waals surface area contributed by atoms with Gasteiger partial charge in [0.2, 0.25) is 11.8 Å². The van der Waals surface area contributed by atoms with Crippen LogP contribution in [0.5, 0.6) is 0 Å². The molecule has 2 aliphatic rings. The van der Waals surface area contributed by atoms with Crippen LogP contribution in [0.4, 0.5) is 19.0 Å². The SMILES string of the molecule is NC(=O)C1(C(=O)NC2CCCN(c3ccc(C(F)(F)F)cn3)C2)CC1. The van der Waals surface area contributed by atoms with E-state index in [0.29, 0.717) is 31.7 Å². The van der Waals surface area contributed by atoms with E-state index in [1.807, 2.05) is 4.90 Å². The van der Waals surface area contributed by atoms with Gasteiger partial charge < -0.3 is 16.0 Å². The van der Waals surface area contributed by atoms with Crippen molar-refractivity contribution in [2.75, 3.05) is 18.0 Å². The lowest BCUT2D eigenvalue weighted by molar-refractivity contribution is -0.138. The van der Waals surface area contributed by atoms with Gasteiger partial charge in [-0.25, -0.2) is 4.98 Å². The van der Waals surface area contributed by atoms with E-state index >= 15 is 0 Å². The Bertz CT molecular complexity index is 671. The number of anilines is 1. The average Bonchev–Trinajstić information content (AvgIpc) is 3.36. The molecule has 0 spiro atoms. The Kier molecular flexibility index (Phi) is 4.34. The minimum atomic E-state index is -4.42. The number of carbonyl (C=O) groups is 2. The van der Waals surface area contributed by atoms with Gasteiger partial charge in [-0.15, -0.1) is 0 Å². The normalized spacial score (nSPS) is 22.4. The fourth-order valence-electron chi connectivity index (χ4n) is 3.08. The molecule has 0 bridgehead atoms. The van der Waals surface area contributed by atoms with Crippen LogP contribution < -0.4 is 16.0 Å². The van der Waals surface area contributed by atoms with Gasteiger partial charge >= 0.3 is 6.18 Å². The van der Waals surface area contributed by atoms with Crippen LogP contribution in [0.2, 0.25) is 0 Å². The molecular formula is C16H19F3N4O2. The van der Waals surface area contributed by atoms with Crippen molar-refractivity contribution in [1.82, 2.24) is 10.3 Å². The van der Waals surface area contributed by atoms with Crippen LogP contribution in [0.15, 0.2) is 18.3 Å². The second kappa shape index (κ2) is 6.20. The lowest BCUT2D eigenvalue weighted by Crippen LogP contribution is -2.51. The molecule has 25 heavy (non-hydrogen) atoms. The number of nitrogens with two attached hydrogens (primary N) is 1. The van der Waals surface area contributed by atoms with Gasteiger partial charge in [-0.3, -0.25) is 9.59 Å². The minimum absolute atomic E-state index is 0.192. The molecule has 1 aromatic rings. The summed E-state index contributed by atoms with van der Waals surface area (Å²) in [5.74, 6) is -0.530. The zero-order valence-corrected chi connectivity index (χ0v) is 13.5. The maximum absolute atomic E-state index is 12.6. The smallest absolute Gasteiger partial charge is 0.369 e. The van der Waals surface area contributed by atoms with E-state index in [1.165, 1.54) is 6.07 Å². The second-order valence-electron chi connectivity index (χ2n) is 6.61. The van der Waals surface area contributed by atoms with Crippen molar-refractivity contribution in [2.24, 2.45) is 11.1 Å². The summed E-state index contributed by atoms with van der Waals surface area (Å²) >= 11 is 0. The lowest BCUT2D eigenvalue weighted by atomic mass is 10.0. The first-order chi connectivity index (χ1) is 11.7. The molecule has 0 radical (unpaired) electrons. The van der Waals surface area contributed by atoms with E-state index in [0.717, 1.165) is 25.1 Å². The number of amides is 2. The Hall–Kier alpha value is -2.32. The van der Waals surface area contributed by atoms with Crippen LogP contribution in [-0.2, 0) is 15.8 Å². The molecule has 3 N–H and O–H groups in total. The zero-order chi connectivity index (χ0) is 18.2. The minimum Gasteiger partial charge on any atom is -0.369 e. The number of primary amides is 1. The summed E-state index contributed by atoms with van der Waals surface area (Å²) in [5, 5.41) is 2.85. The van der Waals surface area contributed by atoms with Gasteiger partial charge in [0.05, 0.1) is 5.56 Å². The number of aromatic nitrogens is 1. The Balaban J connectivity index is 1.63. The molecular weight excluding hydrogens is 337 g/mol. The van der Waals surface area contributed by atoms with Gasteiger partial charge in [0.25, 0.3) is 0 Å². The highest BCUT2D eigenvalue weighted by Gasteiger charge is 2.55. The van der Waals surface area contributed by atoms with Crippen molar-refractivity contribution in [1.29, 1.82) is 0 Å². The van der Waals surface area contributed by atoms with Gasteiger partial charge in [0.15, 0.2) is 0 Å². The first-order valence-corrected chi connectivity index (χ1v) is 8.11. The predicted molar refractivity (Wildman–Crippen MR) is 83.5 cm³/mol. The molecule has 6 nitrogen and oxygen atoms in total. The number of carbonyl (C=O) groups excluding carboxylic acids is 2. The fraction of sp³-hybridized carbons (Fsp3) is 0.562. The summed E-state index contributed by atoms with van der Waals surface area (Å²) in [6.45, 7) is 1.07. The standard InChI is InChI=1S/C16H19F3N4O2/c17-16(18,19)10-3-4-12(21-8-10)23-7-1-2-11(9-23)22-14(25)15(5-6-15)13(20)24/h3-4,8,11H,1-2,5-7,9H2,(H2,20,24)(H,22,25). The second-order valence-corrected chi connectivity index (χ2v) is 6.61. The number of rotatable bonds is 4. The van der Waals surface area contributed by atoms with Crippen LogP contribution in [-0.4, -0.2) is 35.9 Å². The summed E-state index contributed by atoms with van der Waals surface area (Å²) in [6, 6.07) is 2.14. The van der Waals surface area contributed by atoms with Crippen molar-refractivity contribution < 1.29 is 22.8 Å². The molecule has 1 atom stereocenters. The first kappa shape index (κ1) is 17.5. The lowest BCUT2D eigenvalue weighted by Gasteiger charge is -2.34. The summed E-state index contributed by atoms with van der Waals surface area (Å²) in [6.07, 6.45) is -1.19. The van der Waals surface area contributed by atoms with E-state index in [1.54, 1.807) is 0 Å². The van der Waals surface area contributed by atoms with Crippen molar-refractivity contribution in [3.63, 3.8) is 0 Å². The summed E-state index contributed by atoms with van der Waals surface area (Å²) in [7, 11) is 0. The number of halogens is 3. The molecule has 9 heteroatoms. The number of hydrogen-bond acceptors (Lipinski definition) is 4. The zero-order valence-electron chi connectivity index (χ0n) is 13.5. The molecule has 0 aromatic carbocycles. The largest absolute Gasteiger partial charge is 0.417 e. The predicted octanol–water partition coefficient (Wildman–Crippen LogP) is 1.45. The molecule has 1 unspecified atom stereocenters. The van der Waals surface area contributed by atoms with Crippen LogP contribution in [0.1, 0.15) is 31.2 Å². The fourth-order valence-corrected chi connectivity index (χ4v) is 3.08. The maximum atomic E-state index is 12.6. The average molecular weight is 356 g/mol. The number of alkyl halides is 3. The van der Waals surface area contributed by atoms with Crippen molar-refractivity contribution in [3.05, 3.63) is 23.9 Å². The topological polar surface area (TPSA) is 88.3 Å². The number of pyridine rings is 1. The van der Waals surface area contributed by atoms with Crippen molar-refractivity contribution in [3.8, 4) is 0 Å². The van der Waals surface area contributed by atoms with Gasteiger partial charge in [-0.1, -0.05) is 0 Å². The van der Waals surface area contributed by atoms with Gasteiger partial charge in [-0.2, -0.15) is 13.2 Å². The molecule has 2 heterocycles. The molecule has 1 aliphatic heterocycles. The maximum Gasteiger partial charge on any atom is 0.417 e. The van der Waals surface area contributed by atoms with Gasteiger partial charge in [-0.05, 0) is 37.8 Å². The third kappa shape index (κ3) is 3.54. The van der Waals surface area contributed by atoms with Gasteiger partial charge in [0.1, 0.15) is 11.2 Å². The van der Waals surface area contributed by atoms with E-state index in [4.69, 9.17) is 5.73 Å². The number of piperidine rings is 1. The quantitative estimate of drug-likeness (QED) is 0.800. The summed E-state index contributed by atoms with van der Waals surface area (Å²) < 4.78 is 37.8. The van der Waals surface area contributed by atoms with Gasteiger partial charge in [0, 0.05) is 25.3 Å². The molecule has 136 valence electrons. The molecule has 1 aliphatic carbocycles. The number of nitrogens with one attached hydrogen (secondary N) is 1. The molecule has 2 amide bonds. The Labute approximate surface area is 142 Å². The van der Waals surface area contributed by atoms with Crippen LogP contribution in [0, 0.1) is 5.41 Å². The molecule has 1 aromatic heterocycles. The molecule has 1 saturated heterocycles. The molecule has 3 rings (SSSR count). The van der Waals surface area contributed by atoms with E-state index in [-0.39, 0.29) is 11.9 Å². The Morgan fingerprint density at radius 3 is 2.56 bits per heavy atom. The summed E-state index contributed by atoms with van der Waals surface area (Å²) in [5.41, 5.74) is 3.42. The highest BCUT2D eigenvalue weighted by molar-refractivity contribution is 6.07. The van der Waals surface area contributed by atoms with E-state index in [9.17, 15) is 22.8 Å². The highest BCUT2D eigenvalue weighted by Crippen LogP contribution is 2.45. The number of nitrogens with zero attached hydrogens (tertiary/aromatic N) is 2. The molecule has 1 saturated carbocycles. The van der Waals surface area contributed by atoms with E-state index < -0.39 is 23.1 Å². The summed E-state index contributed by atoms with van der Waals surface area (Å²) in [4.78, 5) is 29.4. The third-order valence-electron chi connectivity index (χ3n) is 4.81. The monoisotopic (exact) mass is 356 g/mol. The third-order valence-corrected chi connectivity index (χ3v) is 4.81. The molecule has 2 fully saturated rings. The van der Waals surface area contributed by atoms with Crippen molar-refractivity contribution in [2.45, 2.75) is 37.9 Å². The number of hydrogen-bond donors (Lipinski definition) is 2. The van der Waals surface area contributed by atoms with E-state index in [2.05, 4.69) is 10.3 Å². The first-order valence-electron chi connectivity index (χ1n) is 8.11. The Morgan fingerprint density at radius 2 is 2.04 bits per heavy atom. The van der Waals surface area contributed by atoms with Crippen LogP contribution in [0.3, 0.4) is 0 Å². The van der Waals surface area contributed by atoms with Crippen LogP contribution >= 0.6 is 0 Å². The van der Waals surface area contributed by atoms with Crippen LogP contribution in [0.25, 0.3) is 0 Å². The Morgan fingerprint density at radius 1 is 1.32 bits per heavy atom. The highest BCUT2D eigenvalue weighted by atomic mass is 19.4.